The second-order valence-electron chi connectivity index (χ2n) is 6.29. The van der Waals surface area contributed by atoms with Crippen molar-refractivity contribution in [1.29, 1.82) is 0 Å². The van der Waals surface area contributed by atoms with Crippen molar-refractivity contribution in [3.8, 4) is 0 Å². The highest BCUT2D eigenvalue weighted by Crippen LogP contribution is 2.19. The van der Waals surface area contributed by atoms with Gasteiger partial charge in [0.1, 0.15) is 12.8 Å². The first-order valence-electron chi connectivity index (χ1n) is 6.95. The summed E-state index contributed by atoms with van der Waals surface area (Å²) in [5, 5.41) is 28.6. The fourth-order valence-electron chi connectivity index (χ4n) is 1.66. The number of halogens is 1. The number of nitrogens with one attached hydrogen (secondary N) is 1. The molecule has 1 aromatic heterocycles. The van der Waals surface area contributed by atoms with Gasteiger partial charge in [-0.15, -0.1) is 10.2 Å². The Morgan fingerprint density at radius 1 is 1.45 bits per heavy atom. The molecule has 10 heteroatoms. The normalized spacial score (nSPS) is 14.6. The molecule has 1 aromatic rings. The molecule has 0 fully saturated rings. The minimum absolute atomic E-state index is 0.0876. The summed E-state index contributed by atoms with van der Waals surface area (Å²) in [7, 11) is -1.19. The molecule has 2 atom stereocenters. The van der Waals surface area contributed by atoms with Gasteiger partial charge in [-0.3, -0.25) is 4.57 Å². The van der Waals surface area contributed by atoms with Gasteiger partial charge in [0.2, 0.25) is 5.28 Å². The average Bonchev–Trinajstić information content (AvgIpc) is 2.73. The Labute approximate surface area is 135 Å². The topological polar surface area (TPSA) is 110 Å². The van der Waals surface area contributed by atoms with Crippen LogP contribution in [0.25, 0.3) is 0 Å². The number of amides is 1. The van der Waals surface area contributed by atoms with Gasteiger partial charge in [0.25, 0.3) is 0 Å². The second-order valence-corrected chi connectivity index (χ2v) is 12.2. The van der Waals surface area contributed by atoms with E-state index in [4.69, 9.17) is 21.4 Å². The zero-order valence-electron chi connectivity index (χ0n) is 13.2. The first kappa shape index (κ1) is 18.9. The van der Waals surface area contributed by atoms with Crippen LogP contribution in [0.15, 0.2) is 0 Å². The van der Waals surface area contributed by atoms with E-state index in [1.165, 1.54) is 11.5 Å². The molecule has 0 spiro atoms. The van der Waals surface area contributed by atoms with Crippen LogP contribution in [-0.2, 0) is 11.5 Å². The molecule has 1 rings (SSSR count). The molecule has 0 radical (unpaired) electrons. The summed E-state index contributed by atoms with van der Waals surface area (Å²) in [6, 6.07) is 0.250. The molecule has 1 heterocycles. The lowest BCUT2D eigenvalue weighted by atomic mass is 10.2. The molecule has 1 unspecified atom stereocenters. The monoisotopic (exact) mass is 350 g/mol. The standard InChI is InChI=1S/C12H23ClN4O4Si/c1-8(14-12(19)20)9(18)10-15-16-11(13)17(10)7-21-5-6-22(2,3)4/h8-9,14,18H,5-7H2,1-4H3,(H,19,20)/t8-,9?/m0/s1. The van der Waals surface area contributed by atoms with E-state index in [2.05, 4.69) is 35.2 Å². The van der Waals surface area contributed by atoms with Crippen LogP contribution < -0.4 is 5.32 Å². The van der Waals surface area contributed by atoms with Crippen LogP contribution >= 0.6 is 11.6 Å². The van der Waals surface area contributed by atoms with E-state index >= 15 is 0 Å². The van der Waals surface area contributed by atoms with Gasteiger partial charge in [-0.25, -0.2) is 4.79 Å². The zero-order chi connectivity index (χ0) is 16.9. The zero-order valence-corrected chi connectivity index (χ0v) is 15.0. The second kappa shape index (κ2) is 7.91. The molecule has 0 saturated heterocycles. The largest absolute Gasteiger partial charge is 0.465 e. The minimum Gasteiger partial charge on any atom is -0.465 e. The first-order valence-corrected chi connectivity index (χ1v) is 11.0. The van der Waals surface area contributed by atoms with Crippen molar-refractivity contribution >= 4 is 25.8 Å². The maximum absolute atomic E-state index is 10.6. The summed E-state index contributed by atoms with van der Waals surface area (Å²) in [6.07, 6.45) is -2.40. The lowest BCUT2D eigenvalue weighted by Crippen LogP contribution is -2.37. The summed E-state index contributed by atoms with van der Waals surface area (Å²) in [5.41, 5.74) is 0. The highest BCUT2D eigenvalue weighted by Gasteiger charge is 2.25. The Bertz CT molecular complexity index is 506. The van der Waals surface area contributed by atoms with Crippen LogP contribution in [0, 0.1) is 0 Å². The van der Waals surface area contributed by atoms with Gasteiger partial charge in [-0.05, 0) is 24.6 Å². The lowest BCUT2D eigenvalue weighted by molar-refractivity contribution is 0.0686. The van der Waals surface area contributed by atoms with Crippen LogP contribution in [-0.4, -0.2) is 51.8 Å². The van der Waals surface area contributed by atoms with E-state index in [9.17, 15) is 9.90 Å². The molecule has 3 N–H and O–H groups in total. The Hall–Kier alpha value is -1.16. The third-order valence-corrected chi connectivity index (χ3v) is 5.02. The number of aliphatic hydroxyl groups is 1. The van der Waals surface area contributed by atoms with Crippen LogP contribution in [0.3, 0.4) is 0 Å². The minimum atomic E-state index is -1.23. The summed E-state index contributed by atoms with van der Waals surface area (Å²) in [5.74, 6) is 0.166. The molecule has 0 aliphatic rings. The number of hydrogen-bond acceptors (Lipinski definition) is 5. The number of rotatable bonds is 8. The van der Waals surface area contributed by atoms with E-state index in [1.54, 1.807) is 0 Å². The maximum Gasteiger partial charge on any atom is 0.404 e. The maximum atomic E-state index is 10.6. The molecule has 0 bridgehead atoms. The average molecular weight is 351 g/mol. The quantitative estimate of drug-likeness (QED) is 0.488. The summed E-state index contributed by atoms with van der Waals surface area (Å²) < 4.78 is 7.00. The molecule has 0 saturated carbocycles. The number of nitrogens with zero attached hydrogens (tertiary/aromatic N) is 3. The fraction of sp³-hybridized carbons (Fsp3) is 0.750. The van der Waals surface area contributed by atoms with Crippen LogP contribution in [0.2, 0.25) is 31.0 Å². The van der Waals surface area contributed by atoms with E-state index in [1.807, 2.05) is 0 Å². The van der Waals surface area contributed by atoms with E-state index < -0.39 is 26.3 Å². The lowest BCUT2D eigenvalue weighted by Gasteiger charge is -2.19. The van der Waals surface area contributed by atoms with Gasteiger partial charge >= 0.3 is 6.09 Å². The molecular formula is C12H23ClN4O4Si. The van der Waals surface area contributed by atoms with Gasteiger partial charge < -0.3 is 20.3 Å². The van der Waals surface area contributed by atoms with Crippen LogP contribution in [0.4, 0.5) is 4.79 Å². The van der Waals surface area contributed by atoms with Crippen molar-refractivity contribution in [2.75, 3.05) is 6.61 Å². The Balaban J connectivity index is 2.68. The molecule has 0 aromatic carbocycles. The fourth-order valence-corrected chi connectivity index (χ4v) is 2.59. The number of hydrogen-bond donors (Lipinski definition) is 3. The molecule has 126 valence electrons. The van der Waals surface area contributed by atoms with E-state index in [0.29, 0.717) is 6.61 Å². The number of ether oxygens (including phenoxy) is 1. The van der Waals surface area contributed by atoms with Gasteiger partial charge in [0.15, 0.2) is 5.82 Å². The predicted molar refractivity (Wildman–Crippen MR) is 84.7 cm³/mol. The third kappa shape index (κ3) is 5.91. The summed E-state index contributed by atoms with van der Waals surface area (Å²) >= 11 is 5.94. The molecule has 0 aliphatic carbocycles. The molecule has 8 nitrogen and oxygen atoms in total. The van der Waals surface area contributed by atoms with Crippen molar-refractivity contribution in [2.45, 2.75) is 51.5 Å². The van der Waals surface area contributed by atoms with E-state index in [-0.39, 0.29) is 17.8 Å². The Morgan fingerprint density at radius 2 is 2.09 bits per heavy atom. The number of aliphatic hydroxyl groups excluding tert-OH is 1. The predicted octanol–water partition coefficient (Wildman–Crippen LogP) is 1.93. The Kier molecular flexibility index (Phi) is 6.79. The van der Waals surface area contributed by atoms with Gasteiger partial charge in [0.05, 0.1) is 6.04 Å². The SMILES string of the molecule is C[C@H](NC(=O)O)C(O)c1nnc(Cl)n1COCC[Si](C)(C)C. The van der Waals surface area contributed by atoms with Crippen molar-refractivity contribution < 1.29 is 19.7 Å². The van der Waals surface area contributed by atoms with Crippen molar-refractivity contribution in [1.82, 2.24) is 20.1 Å². The molecule has 0 aliphatic heterocycles. The molecular weight excluding hydrogens is 328 g/mol. The summed E-state index contributed by atoms with van der Waals surface area (Å²) in [4.78, 5) is 10.6. The smallest absolute Gasteiger partial charge is 0.404 e. The summed E-state index contributed by atoms with van der Waals surface area (Å²) in [6.45, 7) is 8.96. The highest BCUT2D eigenvalue weighted by molar-refractivity contribution is 6.76. The van der Waals surface area contributed by atoms with Gasteiger partial charge in [-0.2, -0.15) is 0 Å². The number of carboxylic acid groups (broad SMARTS) is 1. The molecule has 1 amide bonds. The molecule has 22 heavy (non-hydrogen) atoms. The van der Waals surface area contributed by atoms with Gasteiger partial charge in [-0.1, -0.05) is 19.6 Å². The highest BCUT2D eigenvalue weighted by atomic mass is 35.5. The van der Waals surface area contributed by atoms with Crippen molar-refractivity contribution in [3.63, 3.8) is 0 Å². The number of carbonyl (C=O) groups is 1. The van der Waals surface area contributed by atoms with E-state index in [0.717, 1.165) is 6.04 Å². The Morgan fingerprint density at radius 3 is 2.64 bits per heavy atom. The van der Waals surface area contributed by atoms with Crippen molar-refractivity contribution in [2.24, 2.45) is 0 Å². The van der Waals surface area contributed by atoms with Crippen molar-refractivity contribution in [3.05, 3.63) is 11.1 Å². The first-order chi connectivity index (χ1) is 10.1. The van der Waals surface area contributed by atoms with Gasteiger partial charge in [0, 0.05) is 14.7 Å². The third-order valence-electron chi connectivity index (χ3n) is 3.04. The van der Waals surface area contributed by atoms with Crippen LogP contribution in [0.1, 0.15) is 18.9 Å². The number of aromatic nitrogens is 3. The van der Waals surface area contributed by atoms with Crippen LogP contribution in [0.5, 0.6) is 0 Å².